The zero-order chi connectivity index (χ0) is 25.7. The first-order valence-corrected chi connectivity index (χ1v) is 13.2. The molecule has 2 saturated heterocycles. The smallest absolute Gasteiger partial charge is 0.246 e. The van der Waals surface area contributed by atoms with Gasteiger partial charge in [-0.2, -0.15) is 4.31 Å². The highest BCUT2D eigenvalue weighted by Crippen LogP contribution is 2.34. The minimum atomic E-state index is -4.38. The summed E-state index contributed by atoms with van der Waals surface area (Å²) in [5.74, 6) is -1.72. The predicted octanol–water partition coefficient (Wildman–Crippen LogP) is 2.48. The Kier molecular flexibility index (Phi) is 7.14. The van der Waals surface area contributed by atoms with Gasteiger partial charge in [0.1, 0.15) is 22.9 Å². The zero-order valence-electron chi connectivity index (χ0n) is 19.1. The fraction of sp³-hybridized carbons (Fsp3) is 0.391. The monoisotopic (exact) mass is 542 g/mol. The number of nitrogens with zero attached hydrogens (tertiary/aromatic N) is 3. The topological polar surface area (TPSA) is 104 Å². The van der Waals surface area contributed by atoms with E-state index >= 15 is 0 Å². The Morgan fingerprint density at radius 2 is 1.71 bits per heavy atom. The molecule has 3 atom stereocenters. The van der Waals surface area contributed by atoms with Crippen molar-refractivity contribution < 1.29 is 22.4 Å². The van der Waals surface area contributed by atoms with E-state index in [-0.39, 0.29) is 31.5 Å². The molecule has 2 aromatic carbocycles. The maximum atomic E-state index is 14.1. The highest BCUT2D eigenvalue weighted by Gasteiger charge is 2.53. The van der Waals surface area contributed by atoms with Gasteiger partial charge in [0.2, 0.25) is 21.8 Å². The molecule has 2 aromatic rings. The van der Waals surface area contributed by atoms with Gasteiger partial charge in [-0.05, 0) is 43.7 Å². The van der Waals surface area contributed by atoms with Gasteiger partial charge in [0.15, 0.2) is 0 Å². The molecule has 0 aliphatic carbocycles. The summed E-state index contributed by atoms with van der Waals surface area (Å²) in [7, 11) is -4.38. The standard InChI is InChI=1S/C23H25Cl2FN4O4S/c1-13(2)28-12-20-29(35(33,34)19-5-3-4-16(26)21(19)25)11-17(27)22(31)30(20)18(23(28)32)10-14-6-8-15(24)9-7-14/h3-9,13,17-18,20H,10-12,27H2,1-2H3. The number of benzene rings is 2. The molecule has 188 valence electrons. The first kappa shape index (κ1) is 25.8. The Morgan fingerprint density at radius 1 is 1.06 bits per heavy atom. The molecule has 12 heteroatoms. The van der Waals surface area contributed by atoms with E-state index in [1.807, 2.05) is 13.8 Å². The number of halogens is 3. The maximum Gasteiger partial charge on any atom is 0.246 e. The van der Waals surface area contributed by atoms with Crippen molar-refractivity contribution in [2.45, 2.75) is 49.5 Å². The van der Waals surface area contributed by atoms with Crippen molar-refractivity contribution in [1.82, 2.24) is 14.1 Å². The molecule has 2 fully saturated rings. The maximum absolute atomic E-state index is 14.1. The molecule has 0 radical (unpaired) electrons. The summed E-state index contributed by atoms with van der Waals surface area (Å²) in [5.41, 5.74) is 6.83. The molecule has 4 rings (SSSR count). The summed E-state index contributed by atoms with van der Waals surface area (Å²) in [4.78, 5) is 29.1. The van der Waals surface area contributed by atoms with Crippen LogP contribution >= 0.6 is 23.2 Å². The fourth-order valence-corrected chi connectivity index (χ4v) is 6.77. The first-order valence-electron chi connectivity index (χ1n) is 11.0. The lowest BCUT2D eigenvalue weighted by molar-refractivity contribution is -0.167. The highest BCUT2D eigenvalue weighted by atomic mass is 35.5. The number of hydrogen-bond acceptors (Lipinski definition) is 5. The third-order valence-electron chi connectivity index (χ3n) is 6.33. The number of carbonyl (C=O) groups excluding carboxylic acids is 2. The molecular formula is C23H25Cl2FN4O4S. The third kappa shape index (κ3) is 4.65. The van der Waals surface area contributed by atoms with Gasteiger partial charge in [-0.15, -0.1) is 0 Å². The number of hydrogen-bond donors (Lipinski definition) is 1. The van der Waals surface area contributed by atoms with Crippen LogP contribution in [0.5, 0.6) is 0 Å². The van der Waals surface area contributed by atoms with Gasteiger partial charge < -0.3 is 15.5 Å². The number of sulfonamides is 1. The van der Waals surface area contributed by atoms with Gasteiger partial charge in [0.05, 0.1) is 17.6 Å². The molecule has 35 heavy (non-hydrogen) atoms. The van der Waals surface area contributed by atoms with Gasteiger partial charge >= 0.3 is 0 Å². The Morgan fingerprint density at radius 3 is 2.34 bits per heavy atom. The number of fused-ring (bicyclic) bond motifs is 1. The van der Waals surface area contributed by atoms with Gasteiger partial charge in [0.25, 0.3) is 0 Å². The van der Waals surface area contributed by atoms with E-state index in [9.17, 15) is 22.4 Å². The van der Waals surface area contributed by atoms with Gasteiger partial charge in [0, 0.05) is 24.0 Å². The third-order valence-corrected chi connectivity index (χ3v) is 8.99. The van der Waals surface area contributed by atoms with Crippen LogP contribution < -0.4 is 5.73 Å². The summed E-state index contributed by atoms with van der Waals surface area (Å²) in [6, 6.07) is 7.88. The molecule has 2 N–H and O–H groups in total. The Hall–Kier alpha value is -2.24. The summed E-state index contributed by atoms with van der Waals surface area (Å²) in [5, 5.41) is -0.0273. The summed E-state index contributed by atoms with van der Waals surface area (Å²) in [6.07, 6.45) is -0.896. The van der Waals surface area contributed by atoms with Crippen molar-refractivity contribution in [1.29, 1.82) is 0 Å². The number of amides is 2. The van der Waals surface area contributed by atoms with E-state index in [1.165, 1.54) is 17.0 Å². The predicted molar refractivity (Wildman–Crippen MR) is 130 cm³/mol. The van der Waals surface area contributed by atoms with E-state index in [0.29, 0.717) is 5.02 Å². The number of carbonyl (C=O) groups is 2. The Balaban J connectivity index is 1.81. The quantitative estimate of drug-likeness (QED) is 0.624. The van der Waals surface area contributed by atoms with Crippen LogP contribution in [0, 0.1) is 5.82 Å². The van der Waals surface area contributed by atoms with Crippen molar-refractivity contribution in [3.05, 3.63) is 63.9 Å². The largest absolute Gasteiger partial charge is 0.335 e. The van der Waals surface area contributed by atoms with Crippen LogP contribution in [0.2, 0.25) is 10.0 Å². The van der Waals surface area contributed by atoms with Crippen LogP contribution in [-0.4, -0.2) is 71.7 Å². The van der Waals surface area contributed by atoms with Crippen LogP contribution in [0.4, 0.5) is 4.39 Å². The summed E-state index contributed by atoms with van der Waals surface area (Å²) < 4.78 is 42.6. The van der Waals surface area contributed by atoms with Crippen LogP contribution in [0.3, 0.4) is 0 Å². The molecule has 2 aliphatic heterocycles. The fourth-order valence-electron chi connectivity index (χ4n) is 4.55. The molecule has 3 unspecified atom stereocenters. The lowest BCUT2D eigenvalue weighted by Gasteiger charge is -2.53. The summed E-state index contributed by atoms with van der Waals surface area (Å²) >= 11 is 12.0. The molecule has 0 aromatic heterocycles. The van der Waals surface area contributed by atoms with E-state index in [2.05, 4.69) is 0 Å². The van der Waals surface area contributed by atoms with E-state index < -0.39 is 49.9 Å². The van der Waals surface area contributed by atoms with Gasteiger partial charge in [-0.3, -0.25) is 9.59 Å². The lowest BCUT2D eigenvalue weighted by Crippen LogP contribution is -2.75. The Bertz CT molecular complexity index is 1260. The SMILES string of the molecule is CC(C)N1CC2N(C(=O)C(N)CN2S(=O)(=O)c2cccc(F)c2Cl)C(Cc2ccc(Cl)cc2)C1=O. The van der Waals surface area contributed by atoms with Crippen molar-refractivity contribution in [2.24, 2.45) is 5.73 Å². The molecule has 2 amide bonds. The molecule has 0 bridgehead atoms. The van der Waals surface area contributed by atoms with Crippen molar-refractivity contribution in [2.75, 3.05) is 13.1 Å². The van der Waals surface area contributed by atoms with E-state index in [0.717, 1.165) is 15.9 Å². The lowest BCUT2D eigenvalue weighted by atomic mass is 9.96. The van der Waals surface area contributed by atoms with Crippen LogP contribution in [0.25, 0.3) is 0 Å². The van der Waals surface area contributed by atoms with Gasteiger partial charge in [-0.25, -0.2) is 12.8 Å². The molecule has 0 spiro atoms. The second kappa shape index (κ2) is 9.67. The molecule has 2 aliphatic rings. The number of rotatable bonds is 5. The molecular weight excluding hydrogens is 518 g/mol. The van der Waals surface area contributed by atoms with Crippen molar-refractivity contribution in [3.63, 3.8) is 0 Å². The second-order valence-corrected chi connectivity index (χ2v) is 11.6. The normalized spacial score (nSPS) is 23.7. The zero-order valence-corrected chi connectivity index (χ0v) is 21.4. The van der Waals surface area contributed by atoms with E-state index in [1.54, 1.807) is 29.2 Å². The average Bonchev–Trinajstić information content (AvgIpc) is 2.80. The van der Waals surface area contributed by atoms with Crippen LogP contribution in [-0.2, 0) is 26.0 Å². The van der Waals surface area contributed by atoms with Crippen molar-refractivity contribution >= 4 is 45.0 Å². The van der Waals surface area contributed by atoms with E-state index in [4.69, 9.17) is 28.9 Å². The summed E-state index contributed by atoms with van der Waals surface area (Å²) in [6.45, 7) is 3.23. The molecule has 2 heterocycles. The second-order valence-electron chi connectivity index (χ2n) is 8.89. The number of piperazine rings is 1. The molecule has 8 nitrogen and oxygen atoms in total. The Labute approximate surface area is 213 Å². The average molecular weight is 543 g/mol. The molecule has 0 saturated carbocycles. The van der Waals surface area contributed by atoms with Crippen LogP contribution in [0.15, 0.2) is 47.4 Å². The highest BCUT2D eigenvalue weighted by molar-refractivity contribution is 7.89. The van der Waals surface area contributed by atoms with Crippen molar-refractivity contribution in [3.8, 4) is 0 Å². The minimum absolute atomic E-state index is 0.0573. The number of nitrogens with two attached hydrogens (primary N) is 1. The minimum Gasteiger partial charge on any atom is -0.335 e. The first-order chi connectivity index (χ1) is 16.4. The van der Waals surface area contributed by atoms with Crippen LogP contribution in [0.1, 0.15) is 19.4 Å². The van der Waals surface area contributed by atoms with Gasteiger partial charge in [-0.1, -0.05) is 41.4 Å².